The van der Waals surface area contributed by atoms with Crippen LogP contribution in [0.4, 0.5) is 0 Å². The summed E-state index contributed by atoms with van der Waals surface area (Å²) in [6.45, 7) is 8.64. The van der Waals surface area contributed by atoms with Crippen LogP contribution in [0.25, 0.3) is 0 Å². The lowest BCUT2D eigenvalue weighted by Gasteiger charge is -2.40. The fourth-order valence-corrected chi connectivity index (χ4v) is 3.75. The van der Waals surface area contributed by atoms with E-state index in [0.717, 1.165) is 0 Å². The molecule has 9 heteroatoms. The minimum absolute atomic E-state index is 0.647. The fourth-order valence-electron chi connectivity index (χ4n) is 0.982. The first-order chi connectivity index (χ1) is 8.14. The summed E-state index contributed by atoms with van der Waals surface area (Å²) >= 11 is 33.1. The Morgan fingerprint density at radius 3 is 1.16 bits per heavy atom. The van der Waals surface area contributed by atoms with Crippen molar-refractivity contribution in [2.75, 3.05) is 0 Å². The number of halogens is 6. The largest absolute Gasteiger partial charge is 0.675 e. The van der Waals surface area contributed by atoms with Gasteiger partial charge in [-0.2, -0.15) is 0 Å². The summed E-state index contributed by atoms with van der Waals surface area (Å²) in [5, 5.41) is 0.647. The second-order valence-electron chi connectivity index (χ2n) is 5.09. The molecular formula is C10H17AlCl6O2. The smallest absolute Gasteiger partial charge is 0.471 e. The second-order valence-corrected chi connectivity index (χ2v) is 11.8. The molecule has 114 valence electrons. The Balaban J connectivity index is 4.90. The maximum Gasteiger partial charge on any atom is 0.675 e. The second kappa shape index (κ2) is 7.18. The van der Waals surface area contributed by atoms with Gasteiger partial charge in [0, 0.05) is 0 Å². The molecule has 0 aliphatic carbocycles. The molecule has 0 amide bonds. The number of rotatable bonds is 5. The molecule has 0 aliphatic rings. The summed E-state index contributed by atoms with van der Waals surface area (Å²) in [4.78, 5) is 0. The van der Waals surface area contributed by atoms with Crippen LogP contribution in [-0.2, 0) is 7.58 Å². The van der Waals surface area contributed by atoms with Crippen LogP contribution in [-0.4, -0.2) is 33.6 Å². The van der Waals surface area contributed by atoms with Crippen LogP contribution in [0.5, 0.6) is 0 Å². The molecule has 0 spiro atoms. The summed E-state index contributed by atoms with van der Waals surface area (Å²) in [6.07, 6.45) is 0. The van der Waals surface area contributed by atoms with Crippen molar-refractivity contribution in [3.05, 3.63) is 0 Å². The molecule has 0 rings (SSSR count). The van der Waals surface area contributed by atoms with Gasteiger partial charge in [0.2, 0.25) is 7.59 Å². The van der Waals surface area contributed by atoms with Crippen LogP contribution in [0.3, 0.4) is 0 Å². The Morgan fingerprint density at radius 1 is 0.737 bits per heavy atom. The maximum absolute atomic E-state index is 5.88. The van der Waals surface area contributed by atoms with Crippen LogP contribution in [0.1, 0.15) is 34.6 Å². The van der Waals surface area contributed by atoms with E-state index in [0.29, 0.717) is 5.28 Å². The summed E-state index contributed by atoms with van der Waals surface area (Å²) < 4.78 is 8.52. The molecule has 0 heterocycles. The van der Waals surface area contributed by atoms with Gasteiger partial charge in [-0.15, -0.1) is 0 Å². The molecule has 0 N–H and O–H groups in total. The minimum Gasteiger partial charge on any atom is -0.471 e. The van der Waals surface area contributed by atoms with E-state index in [-0.39, 0.29) is 0 Å². The third-order valence-electron chi connectivity index (χ3n) is 2.55. The molecular weight excluding hydrogens is 392 g/mol. The van der Waals surface area contributed by atoms with Gasteiger partial charge in [0.15, 0.2) is 0 Å². The van der Waals surface area contributed by atoms with Gasteiger partial charge in [-0.25, -0.2) is 0 Å². The average molecular weight is 409 g/mol. The number of hydrogen-bond acceptors (Lipinski definition) is 2. The monoisotopic (exact) mass is 406 g/mol. The van der Waals surface area contributed by atoms with E-state index >= 15 is 0 Å². The van der Waals surface area contributed by atoms with Gasteiger partial charge >= 0.3 is 14.8 Å². The molecule has 0 saturated carbocycles. The highest BCUT2D eigenvalue weighted by Crippen LogP contribution is 2.43. The highest BCUT2D eigenvalue weighted by atomic mass is 35.6. The molecule has 0 aromatic rings. The van der Waals surface area contributed by atoms with Crippen molar-refractivity contribution in [2.45, 2.75) is 58.7 Å². The van der Waals surface area contributed by atoms with Crippen LogP contribution in [0, 0.1) is 0 Å². The Kier molecular flexibility index (Phi) is 8.01. The highest BCUT2D eigenvalue weighted by Gasteiger charge is 2.49. The van der Waals surface area contributed by atoms with Crippen molar-refractivity contribution in [1.29, 1.82) is 0 Å². The molecule has 0 atom stereocenters. The molecule has 0 unspecified atom stereocenters. The van der Waals surface area contributed by atoms with E-state index in [1.165, 1.54) is 0 Å². The normalized spacial score (nSPS) is 14.7. The van der Waals surface area contributed by atoms with Crippen molar-refractivity contribution in [2.24, 2.45) is 0 Å². The van der Waals surface area contributed by atoms with Crippen LogP contribution < -0.4 is 0 Å². The number of alkyl halides is 6. The summed E-state index contributed by atoms with van der Waals surface area (Å²) in [5.74, 6) is 0. The predicted molar refractivity (Wildman–Crippen MR) is 87.1 cm³/mol. The Bertz CT molecular complexity index is 269. The molecule has 2 nitrogen and oxygen atoms in total. The Labute approximate surface area is 149 Å². The third kappa shape index (κ3) is 6.45. The van der Waals surface area contributed by atoms with Crippen molar-refractivity contribution >= 4 is 84.4 Å². The molecule has 0 aromatic carbocycles. The van der Waals surface area contributed by atoms with Gasteiger partial charge in [0.1, 0.15) is 0 Å². The molecule has 0 saturated heterocycles. The molecule has 0 aliphatic heterocycles. The van der Waals surface area contributed by atoms with E-state index in [9.17, 15) is 0 Å². The molecule has 0 bridgehead atoms. The first-order valence-corrected chi connectivity index (χ1v) is 9.66. The Morgan fingerprint density at radius 2 is 1.00 bits per heavy atom. The topological polar surface area (TPSA) is 18.5 Å². The van der Waals surface area contributed by atoms with Gasteiger partial charge < -0.3 is 7.58 Å². The molecule has 0 radical (unpaired) electrons. The van der Waals surface area contributed by atoms with Gasteiger partial charge in [-0.3, -0.25) is 0 Å². The van der Waals surface area contributed by atoms with E-state index < -0.39 is 33.6 Å². The van der Waals surface area contributed by atoms with Crippen molar-refractivity contribution in [1.82, 2.24) is 0 Å². The van der Waals surface area contributed by atoms with Crippen LogP contribution >= 0.6 is 69.6 Å². The minimum atomic E-state index is -2.17. The van der Waals surface area contributed by atoms with Crippen molar-refractivity contribution < 1.29 is 7.58 Å². The lowest BCUT2D eigenvalue weighted by Crippen LogP contribution is -2.50. The SMILES string of the molecule is C[CH2][Al]([O]C(C)(C)C(Cl)(Cl)Cl)[O]C(C)(C)C(Cl)(Cl)Cl. The quantitative estimate of drug-likeness (QED) is 0.421. The summed E-state index contributed by atoms with van der Waals surface area (Å²) in [6, 6.07) is 0. The average Bonchev–Trinajstić information content (AvgIpc) is 2.12. The molecule has 19 heavy (non-hydrogen) atoms. The van der Waals surface area contributed by atoms with E-state index in [2.05, 4.69) is 0 Å². The van der Waals surface area contributed by atoms with Gasteiger partial charge in [0.25, 0.3) is 0 Å². The van der Waals surface area contributed by atoms with Crippen molar-refractivity contribution in [3.63, 3.8) is 0 Å². The first-order valence-electron chi connectivity index (χ1n) is 5.63. The van der Waals surface area contributed by atoms with Gasteiger partial charge in [-0.1, -0.05) is 76.5 Å². The zero-order chi connectivity index (χ0) is 15.7. The third-order valence-corrected chi connectivity index (χ3v) is 7.65. The van der Waals surface area contributed by atoms with E-state index in [4.69, 9.17) is 77.2 Å². The zero-order valence-electron chi connectivity index (χ0n) is 11.4. The standard InChI is InChI=1S/2C4H6Cl3O.C2H5.Al/c2*1-3(2,8)4(5,6)7;1-2;/h2*1-2H3;1H2,2H3;/q2*-1;;+2. The first kappa shape index (κ1) is 21.2. The lowest BCUT2D eigenvalue weighted by molar-refractivity contribution is 0.0205. The molecule has 0 fully saturated rings. The van der Waals surface area contributed by atoms with E-state index in [1.54, 1.807) is 27.7 Å². The zero-order valence-corrected chi connectivity index (χ0v) is 17.1. The predicted octanol–water partition coefficient (Wildman–Crippen LogP) is 5.83. The van der Waals surface area contributed by atoms with E-state index in [1.807, 2.05) is 6.92 Å². The maximum atomic E-state index is 5.88. The fraction of sp³-hybridized carbons (Fsp3) is 1.00. The Hall–Kier alpha value is 2.19. The summed E-state index contributed by atoms with van der Waals surface area (Å²) in [5.41, 5.74) is -1.98. The van der Waals surface area contributed by atoms with Crippen molar-refractivity contribution in [3.8, 4) is 0 Å². The van der Waals surface area contributed by atoms with Gasteiger partial charge in [-0.05, 0) is 33.0 Å². The summed E-state index contributed by atoms with van der Waals surface area (Å²) in [7, 11) is 0. The van der Waals surface area contributed by atoms with Crippen LogP contribution in [0.2, 0.25) is 5.28 Å². The molecule has 0 aromatic heterocycles. The van der Waals surface area contributed by atoms with Crippen LogP contribution in [0.15, 0.2) is 0 Å². The number of hydrogen-bond donors (Lipinski definition) is 0. The lowest BCUT2D eigenvalue weighted by atomic mass is 10.2. The highest BCUT2D eigenvalue weighted by molar-refractivity contribution is 6.69. The van der Waals surface area contributed by atoms with Gasteiger partial charge in [0.05, 0.1) is 11.2 Å².